The number of hydrogen-bond acceptors (Lipinski definition) is 4. The zero-order valence-corrected chi connectivity index (χ0v) is 23.9. The molecular formula is C30H42Cl2N2O2. The van der Waals surface area contributed by atoms with E-state index >= 15 is 0 Å². The Morgan fingerprint density at radius 1 is 0.611 bits per heavy atom. The van der Waals surface area contributed by atoms with E-state index in [1.54, 1.807) is 0 Å². The third-order valence-corrected chi connectivity index (χ3v) is 7.03. The summed E-state index contributed by atoms with van der Waals surface area (Å²) in [5.41, 5.74) is 1.57. The highest BCUT2D eigenvalue weighted by Crippen LogP contribution is 2.29. The van der Waals surface area contributed by atoms with E-state index in [1.165, 1.54) is 0 Å². The van der Waals surface area contributed by atoms with Crippen LogP contribution in [-0.4, -0.2) is 60.6 Å². The molecule has 0 saturated heterocycles. The van der Waals surface area contributed by atoms with Crippen LogP contribution in [0.4, 0.5) is 0 Å². The molecule has 0 saturated carbocycles. The van der Waals surface area contributed by atoms with Gasteiger partial charge in [0.2, 0.25) is 0 Å². The summed E-state index contributed by atoms with van der Waals surface area (Å²) in [5, 5.41) is 4.00. The summed E-state index contributed by atoms with van der Waals surface area (Å²) in [5.74, 6) is 0.390. The van der Waals surface area contributed by atoms with Crippen molar-refractivity contribution in [2.24, 2.45) is 0 Å². The lowest BCUT2D eigenvalue weighted by molar-refractivity contribution is 0.0969. The predicted octanol–water partition coefficient (Wildman–Crippen LogP) is 7.45. The molecule has 198 valence electrons. The molecule has 36 heavy (non-hydrogen) atoms. The lowest BCUT2D eigenvalue weighted by Crippen LogP contribution is -2.24. The summed E-state index contributed by atoms with van der Waals surface area (Å²) in [6.07, 6.45) is 2.85. The molecule has 0 aliphatic heterocycles. The van der Waals surface area contributed by atoms with Gasteiger partial charge in [-0.2, -0.15) is 0 Å². The second-order valence-corrected chi connectivity index (χ2v) is 9.01. The van der Waals surface area contributed by atoms with E-state index < -0.39 is 0 Å². The van der Waals surface area contributed by atoms with Crippen molar-refractivity contribution in [1.29, 1.82) is 0 Å². The summed E-state index contributed by atoms with van der Waals surface area (Å²) in [7, 11) is 0. The first-order chi connectivity index (χ1) is 16.5. The Labute approximate surface area is 229 Å². The van der Waals surface area contributed by atoms with Gasteiger partial charge in [0, 0.05) is 24.0 Å². The molecule has 0 heterocycles. The number of carbonyl (C=O) groups excluding carboxylic acids is 2. The first-order valence-corrected chi connectivity index (χ1v) is 13.0. The molecule has 0 aromatic heterocycles. The molecule has 0 amide bonds. The maximum atomic E-state index is 13.1. The minimum Gasteiger partial charge on any atom is -0.304 e. The smallest absolute Gasteiger partial charge is 0.163 e. The Morgan fingerprint density at radius 3 is 1.31 bits per heavy atom. The molecule has 4 nitrogen and oxygen atoms in total. The number of Topliss-reactive ketones (excluding diaryl/α,β-unsaturated/α-hetero) is 2. The van der Waals surface area contributed by atoms with Crippen molar-refractivity contribution in [3.05, 3.63) is 59.7 Å². The highest BCUT2D eigenvalue weighted by Gasteiger charge is 2.15. The zero-order valence-electron chi connectivity index (χ0n) is 22.2. The number of hydrogen-bond donors (Lipinski definition) is 0. The van der Waals surface area contributed by atoms with Gasteiger partial charge in [0.1, 0.15) is 0 Å². The minimum atomic E-state index is 0. The van der Waals surface area contributed by atoms with Gasteiger partial charge >= 0.3 is 0 Å². The highest BCUT2D eigenvalue weighted by atomic mass is 35.5. The van der Waals surface area contributed by atoms with Crippen LogP contribution in [-0.2, 0) is 0 Å². The van der Waals surface area contributed by atoms with Crippen LogP contribution in [0.2, 0.25) is 0 Å². The lowest BCUT2D eigenvalue weighted by atomic mass is 9.93. The molecule has 0 radical (unpaired) electrons. The maximum Gasteiger partial charge on any atom is 0.163 e. The van der Waals surface area contributed by atoms with Crippen molar-refractivity contribution in [3.63, 3.8) is 0 Å². The summed E-state index contributed by atoms with van der Waals surface area (Å²) in [4.78, 5) is 30.9. The van der Waals surface area contributed by atoms with Crippen LogP contribution in [0, 0.1) is 0 Å². The Kier molecular flexibility index (Phi) is 14.2. The van der Waals surface area contributed by atoms with Crippen LogP contribution in [0.5, 0.6) is 0 Å². The topological polar surface area (TPSA) is 40.6 Å². The summed E-state index contributed by atoms with van der Waals surface area (Å²) >= 11 is 0. The molecule has 0 atom stereocenters. The maximum absolute atomic E-state index is 13.1. The number of halogens is 2. The Balaban J connectivity index is 0.00000324. The van der Waals surface area contributed by atoms with Gasteiger partial charge in [-0.1, -0.05) is 64.1 Å². The van der Waals surface area contributed by atoms with Crippen LogP contribution in [0.25, 0.3) is 21.5 Å². The largest absolute Gasteiger partial charge is 0.304 e. The van der Waals surface area contributed by atoms with Crippen LogP contribution in [0.15, 0.2) is 48.5 Å². The van der Waals surface area contributed by atoms with Gasteiger partial charge in [-0.25, -0.2) is 0 Å². The standard InChI is InChI=1S/C30H40N2O2.2ClH/c1-5-31(6-2)19-11-17-29(33)25-15-9-13-23-22-28-24(21-27(23)25)14-10-16-26(28)30(34)18-12-20-32(7-3)8-4;;/h9-10,13-16,21-22H,5-8,11-12,17-20H2,1-4H3;2*1H. The second-order valence-electron chi connectivity index (χ2n) is 9.01. The summed E-state index contributed by atoms with van der Waals surface area (Å²) in [6, 6.07) is 16.1. The predicted molar refractivity (Wildman–Crippen MR) is 159 cm³/mol. The third-order valence-electron chi connectivity index (χ3n) is 7.03. The van der Waals surface area contributed by atoms with Gasteiger partial charge in [0.25, 0.3) is 0 Å². The number of carbonyl (C=O) groups is 2. The van der Waals surface area contributed by atoms with Crippen molar-refractivity contribution in [3.8, 4) is 0 Å². The first-order valence-electron chi connectivity index (χ1n) is 13.0. The second kappa shape index (κ2) is 16.0. The van der Waals surface area contributed by atoms with Crippen molar-refractivity contribution in [1.82, 2.24) is 9.80 Å². The zero-order chi connectivity index (χ0) is 24.5. The van der Waals surface area contributed by atoms with E-state index in [1.807, 2.05) is 36.4 Å². The molecule has 3 aromatic carbocycles. The Bertz CT molecular complexity index is 1040. The molecule has 0 spiro atoms. The summed E-state index contributed by atoms with van der Waals surface area (Å²) < 4.78 is 0. The van der Waals surface area contributed by atoms with Crippen molar-refractivity contribution in [2.75, 3.05) is 39.3 Å². The van der Waals surface area contributed by atoms with Gasteiger partial charge in [0.15, 0.2) is 11.6 Å². The van der Waals surface area contributed by atoms with Gasteiger partial charge in [-0.3, -0.25) is 9.59 Å². The van der Waals surface area contributed by atoms with E-state index in [4.69, 9.17) is 0 Å². The lowest BCUT2D eigenvalue weighted by Gasteiger charge is -2.17. The molecule has 0 aliphatic rings. The number of benzene rings is 3. The fourth-order valence-electron chi connectivity index (χ4n) is 4.81. The van der Waals surface area contributed by atoms with Crippen molar-refractivity contribution in [2.45, 2.75) is 53.4 Å². The fourth-order valence-corrected chi connectivity index (χ4v) is 4.81. The fraction of sp³-hybridized carbons (Fsp3) is 0.467. The molecule has 0 fully saturated rings. The van der Waals surface area contributed by atoms with E-state index in [9.17, 15) is 9.59 Å². The van der Waals surface area contributed by atoms with Gasteiger partial charge in [-0.15, -0.1) is 24.8 Å². The molecule has 0 unspecified atom stereocenters. The number of fused-ring (bicyclic) bond motifs is 2. The average Bonchev–Trinajstić information content (AvgIpc) is 2.87. The quantitative estimate of drug-likeness (QED) is 0.159. The average molecular weight is 534 g/mol. The van der Waals surface area contributed by atoms with E-state index in [0.717, 1.165) is 84.8 Å². The molecular weight excluding hydrogens is 491 g/mol. The SMILES string of the molecule is CCN(CC)CCCC(=O)c1cccc2cc3c(C(=O)CCCN(CC)CC)cccc3cc12.Cl.Cl. The van der Waals surface area contributed by atoms with Crippen LogP contribution >= 0.6 is 24.8 Å². The van der Waals surface area contributed by atoms with Crippen molar-refractivity contribution >= 4 is 57.9 Å². The van der Waals surface area contributed by atoms with Gasteiger partial charge < -0.3 is 9.80 Å². The monoisotopic (exact) mass is 532 g/mol. The molecule has 3 aromatic rings. The Morgan fingerprint density at radius 2 is 0.972 bits per heavy atom. The third kappa shape index (κ3) is 8.01. The Hall–Kier alpha value is -1.98. The number of nitrogens with zero attached hydrogens (tertiary/aromatic N) is 2. The van der Waals surface area contributed by atoms with Crippen LogP contribution in [0.3, 0.4) is 0 Å². The van der Waals surface area contributed by atoms with Gasteiger partial charge in [0.05, 0.1) is 0 Å². The van der Waals surface area contributed by atoms with Crippen molar-refractivity contribution < 1.29 is 9.59 Å². The van der Waals surface area contributed by atoms with Crippen LogP contribution in [0.1, 0.15) is 74.1 Å². The molecule has 6 heteroatoms. The first kappa shape index (κ1) is 32.0. The van der Waals surface area contributed by atoms with Crippen LogP contribution < -0.4 is 0 Å². The normalized spacial score (nSPS) is 11.1. The number of rotatable bonds is 14. The molecule has 3 rings (SSSR count). The van der Waals surface area contributed by atoms with E-state index in [-0.39, 0.29) is 36.4 Å². The summed E-state index contributed by atoms with van der Waals surface area (Å²) in [6.45, 7) is 14.6. The molecule has 0 N–H and O–H groups in total. The van der Waals surface area contributed by atoms with Gasteiger partial charge in [-0.05, 0) is 85.8 Å². The highest BCUT2D eigenvalue weighted by molar-refractivity contribution is 6.15. The van der Waals surface area contributed by atoms with E-state index in [2.05, 4.69) is 49.6 Å². The molecule has 0 aliphatic carbocycles. The van der Waals surface area contributed by atoms with E-state index in [0.29, 0.717) is 12.8 Å². The minimum absolute atomic E-state index is 0. The number of ketones is 2. The molecule has 0 bridgehead atoms.